The molecule has 0 radical (unpaired) electrons. The molecular weight excluding hydrogens is 254 g/mol. The normalized spacial score (nSPS) is 10.0. The highest BCUT2D eigenvalue weighted by Gasteiger charge is 2.02. The van der Waals surface area contributed by atoms with Crippen molar-refractivity contribution in [1.82, 2.24) is 5.32 Å². The van der Waals surface area contributed by atoms with Gasteiger partial charge >= 0.3 is 0 Å². The van der Waals surface area contributed by atoms with Gasteiger partial charge in [0.2, 0.25) is 0 Å². The van der Waals surface area contributed by atoms with Crippen molar-refractivity contribution in [2.24, 2.45) is 0 Å². The number of hydrogen-bond acceptors (Lipinski definition) is 1. The zero-order valence-corrected chi connectivity index (χ0v) is 10.5. The van der Waals surface area contributed by atoms with E-state index in [-0.39, 0.29) is 5.91 Å². The number of alkyl halides is 1. The van der Waals surface area contributed by atoms with Crippen LogP contribution in [0, 0.1) is 6.92 Å². The molecule has 1 N–H and O–H groups in total. The summed E-state index contributed by atoms with van der Waals surface area (Å²) in [5, 5.41) is 3.89. The molecule has 0 heterocycles. The number of rotatable bonds is 5. The number of benzene rings is 1. The number of nitrogens with one attached hydrogen (secondary N) is 1. The summed E-state index contributed by atoms with van der Waals surface area (Å²) >= 11 is 3.36. The first-order chi connectivity index (χ1) is 7.24. The number of carbonyl (C=O) groups is 1. The van der Waals surface area contributed by atoms with Crippen LogP contribution in [0.3, 0.4) is 0 Å². The minimum Gasteiger partial charge on any atom is -0.352 e. The molecule has 0 aliphatic rings. The van der Waals surface area contributed by atoms with Crippen LogP contribution in [0.2, 0.25) is 0 Å². The topological polar surface area (TPSA) is 29.1 Å². The molecule has 1 rings (SSSR count). The van der Waals surface area contributed by atoms with Crippen molar-refractivity contribution in [3.8, 4) is 0 Å². The van der Waals surface area contributed by atoms with Crippen LogP contribution in [0.1, 0.15) is 28.8 Å². The van der Waals surface area contributed by atoms with Gasteiger partial charge in [-0.2, -0.15) is 0 Å². The van der Waals surface area contributed by atoms with E-state index in [9.17, 15) is 4.79 Å². The predicted octanol–water partition coefficient (Wildman–Crippen LogP) is 2.90. The highest BCUT2D eigenvalue weighted by atomic mass is 79.9. The van der Waals surface area contributed by atoms with E-state index in [2.05, 4.69) is 21.2 Å². The van der Waals surface area contributed by atoms with Gasteiger partial charge in [-0.25, -0.2) is 0 Å². The Hall–Kier alpha value is -0.830. The molecule has 2 nitrogen and oxygen atoms in total. The van der Waals surface area contributed by atoms with Crippen LogP contribution in [0.25, 0.3) is 0 Å². The van der Waals surface area contributed by atoms with Gasteiger partial charge in [-0.3, -0.25) is 4.79 Å². The zero-order chi connectivity index (χ0) is 11.1. The van der Waals surface area contributed by atoms with E-state index < -0.39 is 0 Å². The monoisotopic (exact) mass is 269 g/mol. The number of halogens is 1. The van der Waals surface area contributed by atoms with Crippen molar-refractivity contribution in [1.29, 1.82) is 0 Å². The van der Waals surface area contributed by atoms with Crippen LogP contribution in [-0.2, 0) is 0 Å². The Bertz CT molecular complexity index is 308. The van der Waals surface area contributed by atoms with Crippen LogP contribution in [0.5, 0.6) is 0 Å². The summed E-state index contributed by atoms with van der Waals surface area (Å²) in [7, 11) is 0. The Labute approximate surface area is 99.2 Å². The highest BCUT2D eigenvalue weighted by Crippen LogP contribution is 2.02. The van der Waals surface area contributed by atoms with Gasteiger partial charge in [0.05, 0.1) is 0 Å². The average Bonchev–Trinajstić information content (AvgIpc) is 2.25. The van der Waals surface area contributed by atoms with Crippen molar-refractivity contribution in [3.05, 3.63) is 35.4 Å². The molecule has 82 valence electrons. The van der Waals surface area contributed by atoms with Gasteiger partial charge in [0, 0.05) is 17.4 Å². The lowest BCUT2D eigenvalue weighted by Crippen LogP contribution is -2.24. The molecule has 0 fully saturated rings. The molecule has 0 saturated heterocycles. The fraction of sp³-hybridized carbons (Fsp3) is 0.417. The van der Waals surface area contributed by atoms with Crippen LogP contribution < -0.4 is 5.32 Å². The molecule has 15 heavy (non-hydrogen) atoms. The van der Waals surface area contributed by atoms with Gasteiger partial charge in [-0.1, -0.05) is 33.6 Å². The minimum atomic E-state index is 0.0181. The third kappa shape index (κ3) is 4.47. The molecule has 1 aromatic carbocycles. The zero-order valence-electron chi connectivity index (χ0n) is 8.92. The summed E-state index contributed by atoms with van der Waals surface area (Å²) in [6.45, 7) is 2.76. The molecule has 0 aliphatic heterocycles. The lowest BCUT2D eigenvalue weighted by atomic mass is 10.1. The fourth-order valence-corrected chi connectivity index (χ4v) is 1.62. The van der Waals surface area contributed by atoms with Gasteiger partial charge in [-0.05, 0) is 31.9 Å². The molecule has 0 aliphatic carbocycles. The number of aryl methyl sites for hydroxylation is 1. The molecular formula is C12H16BrNO. The van der Waals surface area contributed by atoms with Gasteiger partial charge in [0.15, 0.2) is 0 Å². The first-order valence-corrected chi connectivity index (χ1v) is 6.27. The fourth-order valence-electron chi connectivity index (χ4n) is 1.23. The average molecular weight is 270 g/mol. The van der Waals surface area contributed by atoms with E-state index >= 15 is 0 Å². The second-order valence-corrected chi connectivity index (χ2v) is 4.31. The van der Waals surface area contributed by atoms with E-state index in [1.54, 1.807) is 0 Å². The Morgan fingerprint density at radius 1 is 1.27 bits per heavy atom. The van der Waals surface area contributed by atoms with Gasteiger partial charge < -0.3 is 5.32 Å². The third-order valence-corrected chi connectivity index (χ3v) is 2.72. The number of carbonyl (C=O) groups excluding carboxylic acids is 1. The van der Waals surface area contributed by atoms with Crippen LogP contribution >= 0.6 is 15.9 Å². The van der Waals surface area contributed by atoms with Crippen molar-refractivity contribution in [2.45, 2.75) is 19.8 Å². The van der Waals surface area contributed by atoms with Crippen LogP contribution in [-0.4, -0.2) is 17.8 Å². The molecule has 0 bridgehead atoms. The van der Waals surface area contributed by atoms with Crippen molar-refractivity contribution < 1.29 is 4.79 Å². The summed E-state index contributed by atoms with van der Waals surface area (Å²) in [6, 6.07) is 7.62. The maximum absolute atomic E-state index is 11.6. The van der Waals surface area contributed by atoms with Crippen molar-refractivity contribution in [2.75, 3.05) is 11.9 Å². The standard InChI is InChI=1S/C12H16BrNO/c1-10-4-6-11(7-5-10)12(15)14-9-3-2-8-13/h4-7H,2-3,8-9H2,1H3,(H,14,15). The number of hydrogen-bond donors (Lipinski definition) is 1. The molecule has 0 atom stereocenters. The van der Waals surface area contributed by atoms with E-state index in [1.165, 1.54) is 5.56 Å². The van der Waals surface area contributed by atoms with Crippen molar-refractivity contribution in [3.63, 3.8) is 0 Å². The first-order valence-electron chi connectivity index (χ1n) is 5.15. The van der Waals surface area contributed by atoms with E-state index in [0.29, 0.717) is 0 Å². The summed E-state index contributed by atoms with van der Waals surface area (Å²) in [5.41, 5.74) is 1.91. The first kappa shape index (κ1) is 12.2. The third-order valence-electron chi connectivity index (χ3n) is 2.16. The van der Waals surface area contributed by atoms with Crippen LogP contribution in [0.15, 0.2) is 24.3 Å². The summed E-state index contributed by atoms with van der Waals surface area (Å²) in [5.74, 6) is 0.0181. The Morgan fingerprint density at radius 3 is 2.53 bits per heavy atom. The lowest BCUT2D eigenvalue weighted by Gasteiger charge is -2.04. The molecule has 0 spiro atoms. The lowest BCUT2D eigenvalue weighted by molar-refractivity contribution is 0.0953. The molecule has 0 aromatic heterocycles. The molecule has 0 unspecified atom stereocenters. The Balaban J connectivity index is 2.37. The Morgan fingerprint density at radius 2 is 1.93 bits per heavy atom. The van der Waals surface area contributed by atoms with E-state index in [0.717, 1.165) is 30.3 Å². The second-order valence-electron chi connectivity index (χ2n) is 3.52. The van der Waals surface area contributed by atoms with Crippen LogP contribution in [0.4, 0.5) is 0 Å². The second kappa shape index (κ2) is 6.62. The van der Waals surface area contributed by atoms with E-state index in [1.807, 2.05) is 31.2 Å². The summed E-state index contributed by atoms with van der Waals surface area (Å²) < 4.78 is 0. The molecule has 3 heteroatoms. The Kier molecular flexibility index (Phi) is 5.40. The summed E-state index contributed by atoms with van der Waals surface area (Å²) in [4.78, 5) is 11.6. The number of unbranched alkanes of at least 4 members (excludes halogenated alkanes) is 1. The van der Waals surface area contributed by atoms with Gasteiger partial charge in [-0.15, -0.1) is 0 Å². The smallest absolute Gasteiger partial charge is 0.251 e. The van der Waals surface area contributed by atoms with Gasteiger partial charge in [0.25, 0.3) is 5.91 Å². The molecule has 1 amide bonds. The molecule has 0 saturated carbocycles. The number of amides is 1. The summed E-state index contributed by atoms with van der Waals surface area (Å²) in [6.07, 6.45) is 2.11. The van der Waals surface area contributed by atoms with E-state index in [4.69, 9.17) is 0 Å². The predicted molar refractivity (Wildman–Crippen MR) is 66.5 cm³/mol. The largest absolute Gasteiger partial charge is 0.352 e. The molecule has 1 aromatic rings. The maximum Gasteiger partial charge on any atom is 0.251 e. The SMILES string of the molecule is Cc1ccc(C(=O)NCCCCBr)cc1. The quantitative estimate of drug-likeness (QED) is 0.647. The maximum atomic E-state index is 11.6. The highest BCUT2D eigenvalue weighted by molar-refractivity contribution is 9.09. The van der Waals surface area contributed by atoms with Gasteiger partial charge in [0.1, 0.15) is 0 Å². The minimum absolute atomic E-state index is 0.0181. The van der Waals surface area contributed by atoms with Crippen molar-refractivity contribution >= 4 is 21.8 Å².